The van der Waals surface area contributed by atoms with Gasteiger partial charge in [-0.05, 0) is 51.8 Å². The van der Waals surface area contributed by atoms with Gasteiger partial charge >= 0.3 is 6.09 Å². The number of hydrogen-bond donors (Lipinski definition) is 2. The van der Waals surface area contributed by atoms with Crippen LogP contribution in [0.25, 0.3) is 0 Å². The standard InChI is InChI=1S/C17H23Cl2NO3/c1-10(21)17(11-5-6-13(18)14(19)7-11)8-12(17)9-23-15(22)20-16(2,3)4/h5-7,10,12,21H,8-9H2,1-4H3,(H,20,22). The number of amides is 1. The van der Waals surface area contributed by atoms with Crippen LogP contribution in [-0.2, 0) is 10.2 Å². The summed E-state index contributed by atoms with van der Waals surface area (Å²) in [5.74, 6) is 0.0606. The summed E-state index contributed by atoms with van der Waals surface area (Å²) in [5.41, 5.74) is 0.147. The first-order valence-electron chi connectivity index (χ1n) is 7.65. The lowest BCUT2D eigenvalue weighted by Crippen LogP contribution is -2.41. The minimum Gasteiger partial charge on any atom is -0.449 e. The van der Waals surface area contributed by atoms with Gasteiger partial charge in [0.2, 0.25) is 0 Å². The van der Waals surface area contributed by atoms with E-state index in [2.05, 4.69) is 5.32 Å². The number of rotatable bonds is 4. The van der Waals surface area contributed by atoms with E-state index in [9.17, 15) is 9.90 Å². The minimum absolute atomic E-state index is 0.0606. The first-order valence-corrected chi connectivity index (χ1v) is 8.40. The van der Waals surface area contributed by atoms with Crippen LogP contribution < -0.4 is 5.32 Å². The van der Waals surface area contributed by atoms with Crippen molar-refractivity contribution in [1.29, 1.82) is 0 Å². The van der Waals surface area contributed by atoms with Crippen LogP contribution in [0.3, 0.4) is 0 Å². The molecule has 0 saturated heterocycles. The van der Waals surface area contributed by atoms with Gasteiger partial charge in [-0.25, -0.2) is 4.79 Å². The Morgan fingerprint density at radius 2 is 2.09 bits per heavy atom. The number of alkyl carbamates (subject to hydrolysis) is 1. The molecule has 1 aromatic rings. The van der Waals surface area contributed by atoms with Crippen molar-refractivity contribution in [3.05, 3.63) is 33.8 Å². The Morgan fingerprint density at radius 3 is 2.61 bits per heavy atom. The molecule has 6 heteroatoms. The van der Waals surface area contributed by atoms with Crippen molar-refractivity contribution in [3.63, 3.8) is 0 Å². The lowest BCUT2D eigenvalue weighted by atomic mass is 9.88. The number of carbonyl (C=O) groups excluding carboxylic acids is 1. The second kappa shape index (κ2) is 6.50. The minimum atomic E-state index is -0.570. The molecule has 2 N–H and O–H groups in total. The van der Waals surface area contributed by atoms with E-state index in [0.717, 1.165) is 12.0 Å². The third-order valence-corrected chi connectivity index (χ3v) is 4.99. The highest BCUT2D eigenvalue weighted by molar-refractivity contribution is 6.42. The van der Waals surface area contributed by atoms with Crippen LogP contribution in [0.15, 0.2) is 18.2 Å². The van der Waals surface area contributed by atoms with Crippen LogP contribution in [0, 0.1) is 5.92 Å². The highest BCUT2D eigenvalue weighted by Gasteiger charge is 2.59. The molecule has 1 amide bonds. The van der Waals surface area contributed by atoms with Crippen LogP contribution in [-0.4, -0.2) is 29.4 Å². The molecule has 0 heterocycles. The molecule has 23 heavy (non-hydrogen) atoms. The van der Waals surface area contributed by atoms with Crippen LogP contribution in [0.2, 0.25) is 10.0 Å². The van der Waals surface area contributed by atoms with E-state index in [1.807, 2.05) is 26.8 Å². The molecule has 2 rings (SSSR count). The normalized spacial score (nSPS) is 24.9. The summed E-state index contributed by atoms with van der Waals surface area (Å²) in [6, 6.07) is 5.38. The smallest absolute Gasteiger partial charge is 0.407 e. The molecule has 0 bridgehead atoms. The van der Waals surface area contributed by atoms with E-state index in [-0.39, 0.29) is 18.1 Å². The molecule has 3 atom stereocenters. The molecule has 128 valence electrons. The van der Waals surface area contributed by atoms with Gasteiger partial charge in [0.15, 0.2) is 0 Å². The maximum atomic E-state index is 11.8. The number of halogens is 2. The summed E-state index contributed by atoms with van der Waals surface area (Å²) in [6.45, 7) is 7.67. The first kappa shape index (κ1) is 18.4. The molecule has 1 fully saturated rings. The number of carbonyl (C=O) groups is 1. The Balaban J connectivity index is 2.05. The maximum Gasteiger partial charge on any atom is 0.407 e. The molecule has 1 aliphatic carbocycles. The first-order chi connectivity index (χ1) is 10.6. The monoisotopic (exact) mass is 359 g/mol. The molecule has 0 radical (unpaired) electrons. The van der Waals surface area contributed by atoms with Gasteiger partial charge in [-0.1, -0.05) is 29.3 Å². The quantitative estimate of drug-likeness (QED) is 0.848. The lowest BCUT2D eigenvalue weighted by Gasteiger charge is -2.23. The van der Waals surface area contributed by atoms with Gasteiger partial charge in [-0.2, -0.15) is 0 Å². The van der Waals surface area contributed by atoms with Crippen molar-refractivity contribution in [1.82, 2.24) is 5.32 Å². The number of hydrogen-bond acceptors (Lipinski definition) is 3. The molecular weight excluding hydrogens is 337 g/mol. The third-order valence-electron chi connectivity index (χ3n) is 4.25. The van der Waals surface area contributed by atoms with Crippen molar-refractivity contribution >= 4 is 29.3 Å². The number of aliphatic hydroxyl groups excluding tert-OH is 1. The second-order valence-electron chi connectivity index (χ2n) is 7.22. The van der Waals surface area contributed by atoms with Gasteiger partial charge in [0.25, 0.3) is 0 Å². The molecule has 1 aromatic carbocycles. The van der Waals surface area contributed by atoms with Crippen molar-refractivity contribution in [2.75, 3.05) is 6.61 Å². The molecule has 0 spiro atoms. The number of nitrogens with one attached hydrogen (secondary N) is 1. The van der Waals surface area contributed by atoms with Crippen LogP contribution in [0.1, 0.15) is 39.7 Å². The maximum absolute atomic E-state index is 11.8. The van der Waals surface area contributed by atoms with E-state index < -0.39 is 17.6 Å². The van der Waals surface area contributed by atoms with E-state index >= 15 is 0 Å². The summed E-state index contributed by atoms with van der Waals surface area (Å²) in [6.07, 6.45) is -0.275. The summed E-state index contributed by atoms with van der Waals surface area (Å²) < 4.78 is 5.30. The molecular formula is C17H23Cl2NO3. The fourth-order valence-electron chi connectivity index (χ4n) is 2.97. The zero-order chi connectivity index (χ0) is 17.4. The topological polar surface area (TPSA) is 58.6 Å². The van der Waals surface area contributed by atoms with Crippen molar-refractivity contribution < 1.29 is 14.6 Å². The Labute approximate surface area is 147 Å². The van der Waals surface area contributed by atoms with Gasteiger partial charge in [0, 0.05) is 16.9 Å². The van der Waals surface area contributed by atoms with Gasteiger partial charge in [0.05, 0.1) is 22.8 Å². The summed E-state index contributed by atoms with van der Waals surface area (Å²) in [7, 11) is 0. The Kier molecular flexibility index (Phi) is 5.19. The molecule has 0 aliphatic heterocycles. The summed E-state index contributed by atoms with van der Waals surface area (Å²) in [5, 5.41) is 13.9. The van der Waals surface area contributed by atoms with E-state index in [1.54, 1.807) is 19.1 Å². The van der Waals surface area contributed by atoms with Crippen LogP contribution in [0.5, 0.6) is 0 Å². The summed E-state index contributed by atoms with van der Waals surface area (Å²) in [4.78, 5) is 11.8. The largest absolute Gasteiger partial charge is 0.449 e. The molecule has 4 nitrogen and oxygen atoms in total. The Hall–Kier alpha value is -0.970. The zero-order valence-corrected chi connectivity index (χ0v) is 15.3. The number of aliphatic hydroxyl groups is 1. The van der Waals surface area contributed by atoms with Crippen LogP contribution in [0.4, 0.5) is 4.79 Å². The van der Waals surface area contributed by atoms with Crippen molar-refractivity contribution in [3.8, 4) is 0 Å². The molecule has 1 saturated carbocycles. The van der Waals surface area contributed by atoms with Gasteiger partial charge < -0.3 is 15.2 Å². The van der Waals surface area contributed by atoms with Crippen LogP contribution >= 0.6 is 23.2 Å². The zero-order valence-electron chi connectivity index (χ0n) is 13.8. The van der Waals surface area contributed by atoms with E-state index in [1.165, 1.54) is 0 Å². The lowest BCUT2D eigenvalue weighted by molar-refractivity contribution is 0.109. The predicted octanol–water partition coefficient (Wildman–Crippen LogP) is 4.16. The van der Waals surface area contributed by atoms with Gasteiger partial charge in [-0.3, -0.25) is 0 Å². The second-order valence-corrected chi connectivity index (χ2v) is 8.03. The van der Waals surface area contributed by atoms with E-state index in [4.69, 9.17) is 27.9 Å². The van der Waals surface area contributed by atoms with Crippen molar-refractivity contribution in [2.24, 2.45) is 5.92 Å². The Morgan fingerprint density at radius 1 is 1.43 bits per heavy atom. The molecule has 3 unspecified atom stereocenters. The van der Waals surface area contributed by atoms with E-state index in [0.29, 0.717) is 10.0 Å². The number of ether oxygens (including phenoxy) is 1. The number of benzene rings is 1. The van der Waals surface area contributed by atoms with Crippen molar-refractivity contribution in [2.45, 2.75) is 51.2 Å². The molecule has 1 aliphatic rings. The van der Waals surface area contributed by atoms with Gasteiger partial charge in [-0.15, -0.1) is 0 Å². The predicted molar refractivity (Wildman–Crippen MR) is 92.2 cm³/mol. The average Bonchev–Trinajstić information content (AvgIpc) is 3.13. The average molecular weight is 360 g/mol. The highest BCUT2D eigenvalue weighted by Crippen LogP contribution is 2.57. The fraction of sp³-hybridized carbons (Fsp3) is 0.588. The fourth-order valence-corrected chi connectivity index (χ4v) is 3.27. The Bertz CT molecular complexity index is 598. The molecule has 0 aromatic heterocycles. The van der Waals surface area contributed by atoms with Gasteiger partial charge in [0.1, 0.15) is 0 Å². The SMILES string of the molecule is CC(O)C1(c2ccc(Cl)c(Cl)c2)CC1COC(=O)NC(C)(C)C. The summed E-state index contributed by atoms with van der Waals surface area (Å²) >= 11 is 12.1. The third kappa shape index (κ3) is 4.11. The highest BCUT2D eigenvalue weighted by atomic mass is 35.5.